The maximum Gasteiger partial charge on any atom is 0.147 e. The van der Waals surface area contributed by atoms with Gasteiger partial charge in [-0.3, -0.25) is 0 Å². The molecule has 2 aliphatic rings. The average Bonchev–Trinajstić information content (AvgIpc) is 2.81. The molecule has 2 saturated heterocycles. The molecule has 5 heteroatoms. The van der Waals surface area contributed by atoms with E-state index in [0.717, 1.165) is 30.3 Å². The fraction of sp³-hybridized carbons (Fsp3) is 0.571. The molecular weight excluding hydrogens is 313 g/mol. The standard InChI is InChI=1S/C14H17BrFNO2/c15-10-1-2-13(12(16)7-10)17-11-3-5-19-14(8-11)4-6-18-9-14/h1-2,7,11,17H,3-6,8-9H2. The van der Waals surface area contributed by atoms with E-state index in [1.54, 1.807) is 6.07 Å². The van der Waals surface area contributed by atoms with Crippen LogP contribution in [0.3, 0.4) is 0 Å². The number of hydrogen-bond acceptors (Lipinski definition) is 3. The molecule has 1 spiro atoms. The van der Waals surface area contributed by atoms with Gasteiger partial charge >= 0.3 is 0 Å². The summed E-state index contributed by atoms with van der Waals surface area (Å²) in [7, 11) is 0. The molecular formula is C14H17BrFNO2. The molecule has 2 unspecified atom stereocenters. The highest BCUT2D eigenvalue weighted by Gasteiger charge is 2.41. The van der Waals surface area contributed by atoms with Crippen molar-refractivity contribution in [2.75, 3.05) is 25.1 Å². The van der Waals surface area contributed by atoms with E-state index in [4.69, 9.17) is 9.47 Å². The highest BCUT2D eigenvalue weighted by molar-refractivity contribution is 9.10. The highest BCUT2D eigenvalue weighted by atomic mass is 79.9. The summed E-state index contributed by atoms with van der Waals surface area (Å²) in [6.45, 7) is 2.13. The van der Waals surface area contributed by atoms with Gasteiger partial charge in [0, 0.05) is 30.1 Å². The SMILES string of the molecule is Fc1cc(Br)ccc1NC1CCOC2(CCOC2)C1. The third-order valence-corrected chi connectivity index (χ3v) is 4.34. The molecule has 0 saturated carbocycles. The van der Waals surface area contributed by atoms with Crippen LogP contribution in [0.4, 0.5) is 10.1 Å². The fourth-order valence-corrected chi connectivity index (χ4v) is 3.17. The number of anilines is 1. The van der Waals surface area contributed by atoms with E-state index in [0.29, 0.717) is 18.9 Å². The predicted molar refractivity (Wildman–Crippen MR) is 74.9 cm³/mol. The molecule has 0 aromatic heterocycles. The van der Waals surface area contributed by atoms with Gasteiger partial charge in [-0.2, -0.15) is 0 Å². The van der Waals surface area contributed by atoms with Gasteiger partial charge in [0.05, 0.1) is 17.9 Å². The van der Waals surface area contributed by atoms with Crippen LogP contribution in [0.25, 0.3) is 0 Å². The second-order valence-corrected chi connectivity index (χ2v) is 6.21. The summed E-state index contributed by atoms with van der Waals surface area (Å²) < 4.78 is 25.9. The molecule has 2 atom stereocenters. The third-order valence-electron chi connectivity index (χ3n) is 3.85. The Morgan fingerprint density at radius 3 is 3.00 bits per heavy atom. The largest absolute Gasteiger partial charge is 0.380 e. The number of hydrogen-bond donors (Lipinski definition) is 1. The van der Waals surface area contributed by atoms with Crippen molar-refractivity contribution in [2.24, 2.45) is 0 Å². The van der Waals surface area contributed by atoms with Crippen LogP contribution in [0.15, 0.2) is 22.7 Å². The van der Waals surface area contributed by atoms with E-state index < -0.39 is 0 Å². The van der Waals surface area contributed by atoms with E-state index >= 15 is 0 Å². The lowest BCUT2D eigenvalue weighted by Gasteiger charge is -2.37. The zero-order chi connectivity index (χ0) is 13.3. The number of rotatable bonds is 2. The maximum absolute atomic E-state index is 13.8. The van der Waals surface area contributed by atoms with Crippen molar-refractivity contribution in [3.05, 3.63) is 28.5 Å². The van der Waals surface area contributed by atoms with Gasteiger partial charge in [0.25, 0.3) is 0 Å². The second kappa shape index (κ2) is 5.38. The quantitative estimate of drug-likeness (QED) is 0.902. The highest BCUT2D eigenvalue weighted by Crippen LogP contribution is 2.34. The Balaban J connectivity index is 1.69. The van der Waals surface area contributed by atoms with Crippen LogP contribution in [0.5, 0.6) is 0 Å². The van der Waals surface area contributed by atoms with Crippen molar-refractivity contribution in [1.82, 2.24) is 0 Å². The van der Waals surface area contributed by atoms with Crippen molar-refractivity contribution in [2.45, 2.75) is 30.9 Å². The molecule has 1 aromatic rings. The minimum atomic E-state index is -0.224. The lowest BCUT2D eigenvalue weighted by molar-refractivity contribution is -0.0828. The van der Waals surface area contributed by atoms with Crippen LogP contribution in [0.2, 0.25) is 0 Å². The summed E-state index contributed by atoms with van der Waals surface area (Å²) in [5.41, 5.74) is 0.408. The van der Waals surface area contributed by atoms with Gasteiger partial charge in [-0.1, -0.05) is 15.9 Å². The Bertz CT molecular complexity index is 463. The van der Waals surface area contributed by atoms with Gasteiger partial charge in [0.1, 0.15) is 5.82 Å². The Labute approximate surface area is 120 Å². The minimum Gasteiger partial charge on any atom is -0.380 e. The molecule has 19 heavy (non-hydrogen) atoms. The van der Waals surface area contributed by atoms with Crippen LogP contribution in [0.1, 0.15) is 19.3 Å². The number of nitrogens with one attached hydrogen (secondary N) is 1. The zero-order valence-electron chi connectivity index (χ0n) is 10.6. The first-order chi connectivity index (χ1) is 9.17. The van der Waals surface area contributed by atoms with Gasteiger partial charge in [-0.15, -0.1) is 0 Å². The zero-order valence-corrected chi connectivity index (χ0v) is 12.2. The first-order valence-corrected chi connectivity index (χ1v) is 7.39. The second-order valence-electron chi connectivity index (χ2n) is 5.29. The summed E-state index contributed by atoms with van der Waals surface area (Å²) in [4.78, 5) is 0. The number of benzene rings is 1. The van der Waals surface area contributed by atoms with Crippen LogP contribution in [0, 0.1) is 5.82 Å². The summed E-state index contributed by atoms with van der Waals surface area (Å²) in [6, 6.07) is 5.34. The van der Waals surface area contributed by atoms with Crippen LogP contribution < -0.4 is 5.32 Å². The van der Waals surface area contributed by atoms with Gasteiger partial charge < -0.3 is 14.8 Å². The fourth-order valence-electron chi connectivity index (χ4n) is 2.84. The molecule has 104 valence electrons. The van der Waals surface area contributed by atoms with Crippen molar-refractivity contribution in [3.8, 4) is 0 Å². The molecule has 0 radical (unpaired) electrons. The molecule has 1 N–H and O–H groups in total. The molecule has 0 bridgehead atoms. The van der Waals surface area contributed by atoms with Gasteiger partial charge in [0.2, 0.25) is 0 Å². The smallest absolute Gasteiger partial charge is 0.147 e. The Morgan fingerprint density at radius 2 is 2.26 bits per heavy atom. The molecule has 0 amide bonds. The van der Waals surface area contributed by atoms with Crippen molar-refractivity contribution < 1.29 is 13.9 Å². The monoisotopic (exact) mass is 329 g/mol. The Kier molecular flexibility index (Phi) is 3.78. The molecule has 2 aliphatic heterocycles. The lowest BCUT2D eigenvalue weighted by Crippen LogP contribution is -2.45. The normalized spacial score (nSPS) is 30.7. The van der Waals surface area contributed by atoms with Crippen molar-refractivity contribution >= 4 is 21.6 Å². The number of halogens is 2. The van der Waals surface area contributed by atoms with Crippen molar-refractivity contribution in [3.63, 3.8) is 0 Å². The van der Waals surface area contributed by atoms with Gasteiger partial charge in [0.15, 0.2) is 0 Å². The van der Waals surface area contributed by atoms with Gasteiger partial charge in [-0.25, -0.2) is 4.39 Å². The molecule has 3 nitrogen and oxygen atoms in total. The topological polar surface area (TPSA) is 30.5 Å². The molecule has 2 heterocycles. The summed E-state index contributed by atoms with van der Waals surface area (Å²) in [5, 5.41) is 3.30. The first-order valence-electron chi connectivity index (χ1n) is 6.60. The van der Waals surface area contributed by atoms with E-state index in [2.05, 4.69) is 21.2 Å². The summed E-state index contributed by atoms with van der Waals surface area (Å²) in [6.07, 6.45) is 2.72. The number of ether oxygens (including phenoxy) is 2. The summed E-state index contributed by atoms with van der Waals surface area (Å²) >= 11 is 3.27. The maximum atomic E-state index is 13.8. The van der Waals surface area contributed by atoms with Gasteiger partial charge in [-0.05, 0) is 31.0 Å². The van der Waals surface area contributed by atoms with E-state index in [1.165, 1.54) is 6.07 Å². The minimum absolute atomic E-state index is 0.151. The van der Waals surface area contributed by atoms with Crippen LogP contribution in [-0.4, -0.2) is 31.5 Å². The lowest BCUT2D eigenvalue weighted by atomic mass is 9.89. The molecule has 1 aromatic carbocycles. The van der Waals surface area contributed by atoms with Crippen molar-refractivity contribution in [1.29, 1.82) is 0 Å². The van der Waals surface area contributed by atoms with E-state index in [-0.39, 0.29) is 17.5 Å². The molecule has 2 fully saturated rings. The van der Waals surface area contributed by atoms with E-state index in [9.17, 15) is 4.39 Å². The van der Waals surface area contributed by atoms with E-state index in [1.807, 2.05) is 6.07 Å². The third kappa shape index (κ3) is 2.93. The predicted octanol–water partition coefficient (Wildman–Crippen LogP) is 3.34. The summed E-state index contributed by atoms with van der Waals surface area (Å²) in [5.74, 6) is -0.224. The molecule has 0 aliphatic carbocycles. The van der Waals surface area contributed by atoms with Crippen LogP contribution in [-0.2, 0) is 9.47 Å². The first kappa shape index (κ1) is 13.3. The Hall–Kier alpha value is -0.650. The molecule has 3 rings (SSSR count). The average molecular weight is 330 g/mol. The van der Waals surface area contributed by atoms with Crippen LogP contribution >= 0.6 is 15.9 Å². The Morgan fingerprint density at radius 1 is 1.37 bits per heavy atom.